The van der Waals surface area contributed by atoms with E-state index in [2.05, 4.69) is 4.72 Å². The van der Waals surface area contributed by atoms with Gasteiger partial charge in [0.1, 0.15) is 4.90 Å². The zero-order chi connectivity index (χ0) is 14.5. The standard InChI is InChI=1S/C12H16ClNO4S/c1-2-3-4-7-14-19(17,18)11-8-9(12(15)16)5-6-10(11)13/h5-6,8,14H,2-4,7H2,1H3,(H,15,16). The number of nitrogens with one attached hydrogen (secondary N) is 1. The number of sulfonamides is 1. The minimum Gasteiger partial charge on any atom is -0.478 e. The first kappa shape index (κ1) is 15.9. The maximum atomic E-state index is 12.0. The van der Waals surface area contributed by atoms with Gasteiger partial charge in [0, 0.05) is 6.54 Å². The molecule has 0 amide bonds. The molecule has 1 rings (SSSR count). The first-order chi connectivity index (χ1) is 8.88. The van der Waals surface area contributed by atoms with Gasteiger partial charge in [-0.3, -0.25) is 0 Å². The SMILES string of the molecule is CCCCCNS(=O)(=O)c1cc(C(=O)O)ccc1Cl. The normalized spacial score (nSPS) is 11.5. The van der Waals surface area contributed by atoms with Crippen molar-refractivity contribution in [2.45, 2.75) is 31.1 Å². The van der Waals surface area contributed by atoms with Crippen molar-refractivity contribution in [3.05, 3.63) is 28.8 Å². The number of hydrogen-bond acceptors (Lipinski definition) is 3. The van der Waals surface area contributed by atoms with Gasteiger partial charge >= 0.3 is 5.97 Å². The Labute approximate surface area is 117 Å². The van der Waals surface area contributed by atoms with Crippen molar-refractivity contribution in [2.75, 3.05) is 6.54 Å². The van der Waals surface area contributed by atoms with Crippen LogP contribution >= 0.6 is 11.6 Å². The number of carbonyl (C=O) groups is 1. The number of unbranched alkanes of at least 4 members (excludes halogenated alkanes) is 2. The van der Waals surface area contributed by atoms with Gasteiger partial charge in [0.15, 0.2) is 0 Å². The third kappa shape index (κ3) is 4.49. The highest BCUT2D eigenvalue weighted by Gasteiger charge is 2.19. The van der Waals surface area contributed by atoms with Crippen LogP contribution in [0.3, 0.4) is 0 Å². The Bertz CT molecular complexity index is 557. The highest BCUT2D eigenvalue weighted by atomic mass is 35.5. The Balaban J connectivity index is 2.94. The summed E-state index contributed by atoms with van der Waals surface area (Å²) < 4.78 is 26.4. The van der Waals surface area contributed by atoms with Crippen molar-refractivity contribution in [1.29, 1.82) is 0 Å². The fourth-order valence-electron chi connectivity index (χ4n) is 1.50. The topological polar surface area (TPSA) is 83.5 Å². The average molecular weight is 306 g/mol. The van der Waals surface area contributed by atoms with E-state index in [1.807, 2.05) is 6.92 Å². The second-order valence-corrected chi connectivity index (χ2v) is 6.20. The highest BCUT2D eigenvalue weighted by Crippen LogP contribution is 2.22. The Morgan fingerprint density at radius 2 is 2.05 bits per heavy atom. The van der Waals surface area contributed by atoms with Crippen molar-refractivity contribution in [1.82, 2.24) is 4.72 Å². The number of carboxylic acid groups (broad SMARTS) is 1. The Kier molecular flexibility index (Phi) is 5.78. The molecule has 0 radical (unpaired) electrons. The molecular formula is C12H16ClNO4S. The molecule has 0 saturated carbocycles. The van der Waals surface area contributed by atoms with Crippen LogP contribution in [0.1, 0.15) is 36.5 Å². The molecule has 0 aliphatic rings. The summed E-state index contributed by atoms with van der Waals surface area (Å²) in [6, 6.07) is 3.60. The molecule has 19 heavy (non-hydrogen) atoms. The van der Waals surface area contributed by atoms with Gasteiger partial charge in [0.25, 0.3) is 0 Å². The first-order valence-electron chi connectivity index (χ1n) is 5.91. The van der Waals surface area contributed by atoms with Crippen molar-refractivity contribution >= 4 is 27.6 Å². The van der Waals surface area contributed by atoms with Crippen molar-refractivity contribution < 1.29 is 18.3 Å². The first-order valence-corrected chi connectivity index (χ1v) is 7.77. The van der Waals surface area contributed by atoms with Crippen LogP contribution in [0, 0.1) is 0 Å². The molecule has 1 aromatic rings. The largest absolute Gasteiger partial charge is 0.478 e. The molecule has 0 aliphatic heterocycles. The Morgan fingerprint density at radius 1 is 1.37 bits per heavy atom. The van der Waals surface area contributed by atoms with Crippen LogP contribution in [-0.2, 0) is 10.0 Å². The van der Waals surface area contributed by atoms with Gasteiger partial charge in [-0.1, -0.05) is 31.4 Å². The average Bonchev–Trinajstić information content (AvgIpc) is 2.34. The lowest BCUT2D eigenvalue weighted by Crippen LogP contribution is -2.25. The summed E-state index contributed by atoms with van der Waals surface area (Å²) in [4.78, 5) is 10.6. The molecule has 0 atom stereocenters. The smallest absolute Gasteiger partial charge is 0.335 e. The number of carboxylic acids is 1. The predicted molar refractivity (Wildman–Crippen MR) is 73.1 cm³/mol. The predicted octanol–water partition coefficient (Wildman–Crippen LogP) is 2.51. The van der Waals surface area contributed by atoms with E-state index < -0.39 is 16.0 Å². The Morgan fingerprint density at radius 3 is 2.63 bits per heavy atom. The third-order valence-corrected chi connectivity index (χ3v) is 4.48. The molecule has 0 aromatic heterocycles. The number of rotatable bonds is 7. The molecule has 7 heteroatoms. The fourth-order valence-corrected chi connectivity index (χ4v) is 3.10. The highest BCUT2D eigenvalue weighted by molar-refractivity contribution is 7.89. The monoisotopic (exact) mass is 305 g/mol. The molecule has 0 unspecified atom stereocenters. The number of halogens is 1. The van der Waals surface area contributed by atoms with Crippen LogP contribution in [0.2, 0.25) is 5.02 Å². The number of hydrogen-bond donors (Lipinski definition) is 2. The van der Waals surface area contributed by atoms with Crippen LogP contribution in [0.15, 0.2) is 23.1 Å². The quantitative estimate of drug-likeness (QED) is 0.758. The summed E-state index contributed by atoms with van der Waals surface area (Å²) in [5.74, 6) is -1.20. The van der Waals surface area contributed by atoms with Crippen molar-refractivity contribution in [2.24, 2.45) is 0 Å². The van der Waals surface area contributed by atoms with Gasteiger partial charge in [0.2, 0.25) is 10.0 Å². The lowest BCUT2D eigenvalue weighted by molar-refractivity contribution is 0.0696. The van der Waals surface area contributed by atoms with Gasteiger partial charge < -0.3 is 5.11 Å². The molecule has 0 saturated heterocycles. The van der Waals surface area contributed by atoms with Crippen LogP contribution in [-0.4, -0.2) is 26.0 Å². The van der Waals surface area contributed by atoms with Crippen LogP contribution in [0.4, 0.5) is 0 Å². The molecule has 2 N–H and O–H groups in total. The number of benzene rings is 1. The lowest BCUT2D eigenvalue weighted by Gasteiger charge is -2.08. The molecule has 0 fully saturated rings. The van der Waals surface area contributed by atoms with E-state index in [4.69, 9.17) is 16.7 Å². The third-order valence-electron chi connectivity index (χ3n) is 2.54. The van der Waals surface area contributed by atoms with Crippen molar-refractivity contribution in [3.63, 3.8) is 0 Å². The molecule has 0 aliphatic carbocycles. The van der Waals surface area contributed by atoms with Crippen molar-refractivity contribution in [3.8, 4) is 0 Å². The van der Waals surface area contributed by atoms with E-state index in [1.54, 1.807) is 0 Å². The molecule has 5 nitrogen and oxygen atoms in total. The summed E-state index contributed by atoms with van der Waals surface area (Å²) in [5.41, 5.74) is -0.113. The second-order valence-electron chi connectivity index (χ2n) is 4.06. The summed E-state index contributed by atoms with van der Waals surface area (Å²) in [6.07, 6.45) is 2.63. The van der Waals surface area contributed by atoms with Gasteiger partial charge in [0.05, 0.1) is 10.6 Å². The maximum absolute atomic E-state index is 12.0. The van der Waals surface area contributed by atoms with E-state index in [1.165, 1.54) is 12.1 Å². The summed E-state index contributed by atoms with van der Waals surface area (Å²) in [6.45, 7) is 2.32. The number of aromatic carboxylic acids is 1. The second kappa shape index (κ2) is 6.88. The van der Waals surface area contributed by atoms with Crippen LogP contribution in [0.25, 0.3) is 0 Å². The van der Waals surface area contributed by atoms with E-state index in [0.717, 1.165) is 25.3 Å². The molecule has 0 spiro atoms. The van der Waals surface area contributed by atoms with E-state index >= 15 is 0 Å². The molecule has 0 bridgehead atoms. The van der Waals surface area contributed by atoms with Gasteiger partial charge in [-0.25, -0.2) is 17.9 Å². The minimum absolute atomic E-state index is 0.00740. The summed E-state index contributed by atoms with van der Waals surface area (Å²) in [5, 5.41) is 8.86. The molecular weight excluding hydrogens is 290 g/mol. The molecule has 1 aromatic carbocycles. The van der Waals surface area contributed by atoms with Gasteiger partial charge in [-0.05, 0) is 24.6 Å². The van der Waals surface area contributed by atoms with E-state index in [0.29, 0.717) is 6.54 Å². The van der Waals surface area contributed by atoms with Crippen LogP contribution in [0.5, 0.6) is 0 Å². The van der Waals surface area contributed by atoms with Gasteiger partial charge in [-0.2, -0.15) is 0 Å². The molecule has 0 heterocycles. The minimum atomic E-state index is -3.77. The fraction of sp³-hybridized carbons (Fsp3) is 0.417. The van der Waals surface area contributed by atoms with E-state index in [-0.39, 0.29) is 15.5 Å². The zero-order valence-corrected chi connectivity index (χ0v) is 12.1. The summed E-state index contributed by atoms with van der Waals surface area (Å²) >= 11 is 5.81. The maximum Gasteiger partial charge on any atom is 0.335 e. The van der Waals surface area contributed by atoms with E-state index in [9.17, 15) is 13.2 Å². The zero-order valence-electron chi connectivity index (χ0n) is 10.5. The Hall–Kier alpha value is -1.11. The lowest BCUT2D eigenvalue weighted by atomic mass is 10.2. The molecule has 106 valence electrons. The van der Waals surface area contributed by atoms with Crippen LogP contribution < -0.4 is 4.72 Å². The summed E-state index contributed by atoms with van der Waals surface area (Å²) in [7, 11) is -3.77. The van der Waals surface area contributed by atoms with Gasteiger partial charge in [-0.15, -0.1) is 0 Å².